The van der Waals surface area contributed by atoms with Crippen LogP contribution in [0.4, 0.5) is 4.79 Å². The molecule has 21 heavy (non-hydrogen) atoms. The van der Waals surface area contributed by atoms with Crippen molar-refractivity contribution >= 4 is 11.9 Å². The van der Waals surface area contributed by atoms with Gasteiger partial charge in [0.05, 0.1) is 6.04 Å². The van der Waals surface area contributed by atoms with Crippen LogP contribution in [0.15, 0.2) is 30.3 Å². The molecule has 1 aliphatic rings. The van der Waals surface area contributed by atoms with E-state index in [9.17, 15) is 9.59 Å². The average molecular weight is 289 g/mol. The highest BCUT2D eigenvalue weighted by Gasteiger charge is 2.40. The van der Waals surface area contributed by atoms with Crippen LogP contribution in [0.5, 0.6) is 0 Å². The van der Waals surface area contributed by atoms with Crippen LogP contribution in [0.2, 0.25) is 0 Å². The highest BCUT2D eigenvalue weighted by atomic mass is 16.6. The van der Waals surface area contributed by atoms with Crippen molar-refractivity contribution in [1.82, 2.24) is 4.90 Å². The molecule has 0 bridgehead atoms. The van der Waals surface area contributed by atoms with E-state index in [1.807, 2.05) is 42.2 Å². The molecular formula is C17H23NO3. The predicted molar refractivity (Wildman–Crippen MR) is 80.9 cm³/mol. The molecule has 0 radical (unpaired) electrons. The Morgan fingerprint density at radius 3 is 2.62 bits per heavy atom. The number of benzene rings is 1. The van der Waals surface area contributed by atoms with E-state index in [1.165, 1.54) is 0 Å². The monoisotopic (exact) mass is 289 g/mol. The first-order valence-corrected chi connectivity index (χ1v) is 7.54. The average Bonchev–Trinajstić information content (AvgIpc) is 2.82. The SMILES string of the molecule is CC[C@@H]([C@H](C)CC(C)=O)N1C(=O)OC[C@@H]1c1ccccc1. The van der Waals surface area contributed by atoms with Gasteiger partial charge in [-0.2, -0.15) is 0 Å². The zero-order valence-corrected chi connectivity index (χ0v) is 12.9. The van der Waals surface area contributed by atoms with E-state index in [-0.39, 0.29) is 29.9 Å². The van der Waals surface area contributed by atoms with Crippen LogP contribution in [0.3, 0.4) is 0 Å². The summed E-state index contributed by atoms with van der Waals surface area (Å²) >= 11 is 0. The molecule has 1 aliphatic heterocycles. The van der Waals surface area contributed by atoms with Crippen molar-refractivity contribution < 1.29 is 14.3 Å². The third-order valence-corrected chi connectivity index (χ3v) is 4.14. The molecular weight excluding hydrogens is 266 g/mol. The third-order valence-electron chi connectivity index (χ3n) is 4.14. The van der Waals surface area contributed by atoms with Crippen molar-refractivity contribution in [1.29, 1.82) is 0 Å². The van der Waals surface area contributed by atoms with Crippen molar-refractivity contribution in [2.24, 2.45) is 5.92 Å². The van der Waals surface area contributed by atoms with E-state index in [0.29, 0.717) is 13.0 Å². The van der Waals surface area contributed by atoms with Gasteiger partial charge in [-0.15, -0.1) is 0 Å². The molecule has 0 aliphatic carbocycles. The number of ketones is 1. The first-order chi connectivity index (χ1) is 10.0. The van der Waals surface area contributed by atoms with E-state index in [0.717, 1.165) is 12.0 Å². The Bertz CT molecular complexity index is 500. The van der Waals surface area contributed by atoms with Gasteiger partial charge >= 0.3 is 6.09 Å². The Morgan fingerprint density at radius 2 is 2.05 bits per heavy atom. The van der Waals surface area contributed by atoms with Crippen LogP contribution in [-0.4, -0.2) is 29.4 Å². The summed E-state index contributed by atoms with van der Waals surface area (Å²) in [5.74, 6) is 0.286. The second kappa shape index (κ2) is 6.74. The topological polar surface area (TPSA) is 46.6 Å². The minimum Gasteiger partial charge on any atom is -0.447 e. The Balaban J connectivity index is 2.24. The van der Waals surface area contributed by atoms with Crippen molar-refractivity contribution in [3.05, 3.63) is 35.9 Å². The first kappa shape index (κ1) is 15.5. The lowest BCUT2D eigenvalue weighted by Gasteiger charge is -2.34. The van der Waals surface area contributed by atoms with E-state index in [2.05, 4.69) is 6.92 Å². The van der Waals surface area contributed by atoms with Crippen molar-refractivity contribution in [2.45, 2.75) is 45.7 Å². The maximum atomic E-state index is 12.2. The van der Waals surface area contributed by atoms with Crippen LogP contribution in [0, 0.1) is 5.92 Å². The van der Waals surface area contributed by atoms with Crippen LogP contribution >= 0.6 is 0 Å². The summed E-state index contributed by atoms with van der Waals surface area (Å²) in [6.45, 7) is 6.06. The van der Waals surface area contributed by atoms with Gasteiger partial charge in [0.15, 0.2) is 0 Å². The number of amides is 1. The van der Waals surface area contributed by atoms with Gasteiger partial charge in [0.2, 0.25) is 0 Å². The summed E-state index contributed by atoms with van der Waals surface area (Å²) in [4.78, 5) is 25.4. The van der Waals surface area contributed by atoms with Gasteiger partial charge in [0.1, 0.15) is 12.4 Å². The van der Waals surface area contributed by atoms with Gasteiger partial charge in [-0.3, -0.25) is 4.90 Å². The fourth-order valence-electron chi connectivity index (χ4n) is 3.19. The molecule has 1 aromatic carbocycles. The minimum absolute atomic E-state index is 0.0223. The minimum atomic E-state index is -0.272. The second-order valence-corrected chi connectivity index (χ2v) is 5.77. The summed E-state index contributed by atoms with van der Waals surface area (Å²) in [6, 6.07) is 9.89. The van der Waals surface area contributed by atoms with Gasteiger partial charge < -0.3 is 9.53 Å². The van der Waals surface area contributed by atoms with Crippen molar-refractivity contribution in [2.75, 3.05) is 6.61 Å². The number of carbonyl (C=O) groups excluding carboxylic acids is 2. The zero-order chi connectivity index (χ0) is 15.4. The molecule has 2 rings (SSSR count). The van der Waals surface area contributed by atoms with Gasteiger partial charge in [-0.05, 0) is 24.8 Å². The van der Waals surface area contributed by atoms with Gasteiger partial charge in [-0.1, -0.05) is 44.2 Å². The molecule has 114 valence electrons. The molecule has 4 heteroatoms. The maximum Gasteiger partial charge on any atom is 0.410 e. The fraction of sp³-hybridized carbons (Fsp3) is 0.529. The van der Waals surface area contributed by atoms with E-state index >= 15 is 0 Å². The zero-order valence-electron chi connectivity index (χ0n) is 12.9. The van der Waals surface area contributed by atoms with Crippen molar-refractivity contribution in [3.8, 4) is 0 Å². The first-order valence-electron chi connectivity index (χ1n) is 7.54. The summed E-state index contributed by atoms with van der Waals surface area (Å²) in [5.41, 5.74) is 1.08. The largest absolute Gasteiger partial charge is 0.447 e. The Kier molecular flexibility index (Phi) is 4.99. The number of hydrogen-bond acceptors (Lipinski definition) is 3. The number of cyclic esters (lactones) is 1. The lowest BCUT2D eigenvalue weighted by atomic mass is 9.91. The summed E-state index contributed by atoms with van der Waals surface area (Å²) < 4.78 is 5.27. The molecule has 3 atom stereocenters. The van der Waals surface area contributed by atoms with Crippen LogP contribution < -0.4 is 0 Å². The molecule has 0 N–H and O–H groups in total. The van der Waals surface area contributed by atoms with Crippen molar-refractivity contribution in [3.63, 3.8) is 0 Å². The Morgan fingerprint density at radius 1 is 1.38 bits per heavy atom. The lowest BCUT2D eigenvalue weighted by molar-refractivity contribution is -0.118. The molecule has 1 amide bonds. The number of Topliss-reactive ketones (excluding diaryl/α,β-unsaturated/α-hetero) is 1. The number of nitrogens with zero attached hydrogens (tertiary/aromatic N) is 1. The van der Waals surface area contributed by atoms with Crippen LogP contribution in [0.25, 0.3) is 0 Å². The number of rotatable bonds is 6. The maximum absolute atomic E-state index is 12.2. The molecule has 1 heterocycles. The third kappa shape index (κ3) is 3.43. The van der Waals surface area contributed by atoms with E-state index in [4.69, 9.17) is 4.74 Å². The van der Waals surface area contributed by atoms with Crippen LogP contribution in [-0.2, 0) is 9.53 Å². The quantitative estimate of drug-likeness (QED) is 0.804. The van der Waals surface area contributed by atoms with Gasteiger partial charge in [-0.25, -0.2) is 4.79 Å². The molecule has 1 fully saturated rings. The predicted octanol–water partition coefficient (Wildman–Crippen LogP) is 3.57. The number of hydrogen-bond donors (Lipinski definition) is 0. The van der Waals surface area contributed by atoms with E-state index < -0.39 is 0 Å². The van der Waals surface area contributed by atoms with Gasteiger partial charge in [0, 0.05) is 12.5 Å². The molecule has 0 spiro atoms. The fourth-order valence-corrected chi connectivity index (χ4v) is 3.19. The summed E-state index contributed by atoms with van der Waals surface area (Å²) in [5, 5.41) is 0. The standard InChI is InChI=1S/C17H23NO3/c1-4-15(12(2)10-13(3)19)18-16(11-21-17(18)20)14-8-6-5-7-9-14/h5-9,12,15-16H,4,10-11H2,1-3H3/t12-,15+,16-/m1/s1. The second-order valence-electron chi connectivity index (χ2n) is 5.77. The summed E-state index contributed by atoms with van der Waals surface area (Å²) in [6.07, 6.45) is 1.03. The highest BCUT2D eigenvalue weighted by molar-refractivity contribution is 5.76. The van der Waals surface area contributed by atoms with E-state index in [1.54, 1.807) is 6.92 Å². The number of ether oxygens (including phenoxy) is 1. The Hall–Kier alpha value is -1.84. The van der Waals surface area contributed by atoms with Gasteiger partial charge in [0.25, 0.3) is 0 Å². The molecule has 4 nitrogen and oxygen atoms in total. The lowest BCUT2D eigenvalue weighted by Crippen LogP contribution is -2.42. The normalized spacial score (nSPS) is 21.0. The summed E-state index contributed by atoms with van der Waals surface area (Å²) in [7, 11) is 0. The molecule has 0 aromatic heterocycles. The highest BCUT2D eigenvalue weighted by Crippen LogP contribution is 2.33. The molecule has 0 unspecified atom stereocenters. The smallest absolute Gasteiger partial charge is 0.410 e. The van der Waals surface area contributed by atoms with Crippen LogP contribution in [0.1, 0.15) is 45.2 Å². The number of carbonyl (C=O) groups is 2. The molecule has 0 saturated carbocycles. The Labute approximate surface area is 126 Å². The molecule has 1 saturated heterocycles. The molecule has 1 aromatic rings.